The molecule has 2 heterocycles. The molecular weight excluding hydrogens is 272 g/mol. The van der Waals surface area contributed by atoms with Crippen molar-refractivity contribution in [1.82, 2.24) is 4.98 Å². The molecule has 1 aliphatic rings. The van der Waals surface area contributed by atoms with Crippen LogP contribution in [-0.4, -0.2) is 4.98 Å². The first kappa shape index (κ1) is 12.9. The zero-order valence-electron chi connectivity index (χ0n) is 10.6. The molecule has 0 atom stereocenters. The normalized spacial score (nSPS) is 15.4. The fourth-order valence-electron chi connectivity index (χ4n) is 2.19. The average molecular weight is 288 g/mol. The van der Waals surface area contributed by atoms with E-state index in [4.69, 9.17) is 10.7 Å². The summed E-state index contributed by atoms with van der Waals surface area (Å²) in [7, 11) is 0. The Morgan fingerprint density at radius 1 is 0.842 bits per heavy atom. The molecule has 4 bridgehead atoms. The second-order valence-corrected chi connectivity index (χ2v) is 6.66. The Bertz CT molecular complexity index is 541. The number of nitrogens with two attached hydrogens (primary N) is 1. The highest BCUT2D eigenvalue weighted by molar-refractivity contribution is 7.98. The summed E-state index contributed by atoms with van der Waals surface area (Å²) in [5.74, 6) is 3.91. The number of nitrogens with zero attached hydrogens (tertiary/aromatic N) is 1. The first-order valence-corrected chi connectivity index (χ1v) is 8.59. The SMILES string of the molecule is Nc1cc2cc(c1)CSCc1cccc(n1)CSC2. The Labute approximate surface area is 122 Å². The van der Waals surface area contributed by atoms with Crippen molar-refractivity contribution in [3.8, 4) is 0 Å². The highest BCUT2D eigenvalue weighted by Crippen LogP contribution is 2.25. The van der Waals surface area contributed by atoms with Crippen molar-refractivity contribution in [1.29, 1.82) is 0 Å². The summed E-state index contributed by atoms with van der Waals surface area (Å²) < 4.78 is 0. The van der Waals surface area contributed by atoms with Crippen LogP contribution in [-0.2, 0) is 23.0 Å². The molecule has 2 nitrogen and oxygen atoms in total. The number of hydrogen-bond donors (Lipinski definition) is 1. The van der Waals surface area contributed by atoms with Crippen LogP contribution in [0.25, 0.3) is 0 Å². The molecule has 0 fully saturated rings. The molecule has 3 rings (SSSR count). The number of rotatable bonds is 0. The van der Waals surface area contributed by atoms with Crippen LogP contribution in [0.2, 0.25) is 0 Å². The van der Waals surface area contributed by atoms with Crippen LogP contribution in [0.5, 0.6) is 0 Å². The second-order valence-electron chi connectivity index (χ2n) is 4.69. The number of hydrogen-bond acceptors (Lipinski definition) is 4. The summed E-state index contributed by atoms with van der Waals surface area (Å²) in [5, 5.41) is 0. The van der Waals surface area contributed by atoms with Gasteiger partial charge < -0.3 is 5.73 Å². The number of pyridine rings is 1. The third-order valence-corrected chi connectivity index (χ3v) is 5.05. The second kappa shape index (κ2) is 5.88. The fourth-order valence-corrected chi connectivity index (χ4v) is 3.94. The molecule has 0 saturated heterocycles. The van der Waals surface area contributed by atoms with Gasteiger partial charge >= 0.3 is 0 Å². The molecule has 19 heavy (non-hydrogen) atoms. The Hall–Kier alpha value is -1.13. The van der Waals surface area contributed by atoms with Gasteiger partial charge in [-0.2, -0.15) is 23.5 Å². The molecule has 2 aromatic rings. The quantitative estimate of drug-likeness (QED) is 0.748. The van der Waals surface area contributed by atoms with E-state index in [9.17, 15) is 0 Å². The molecule has 0 saturated carbocycles. The summed E-state index contributed by atoms with van der Waals surface area (Å²) in [6.07, 6.45) is 0. The third-order valence-electron chi connectivity index (χ3n) is 2.98. The van der Waals surface area contributed by atoms with Gasteiger partial charge in [0.05, 0.1) is 11.4 Å². The monoisotopic (exact) mass is 288 g/mol. The van der Waals surface area contributed by atoms with Gasteiger partial charge in [0.2, 0.25) is 0 Å². The standard InChI is InChI=1S/C15H16N2S2/c16-13-5-11-4-12(6-13)8-19-10-15-3-1-2-14(17-15)9-18-7-11/h1-6H,7-10,16H2. The van der Waals surface area contributed by atoms with Crippen molar-refractivity contribution in [2.45, 2.75) is 23.0 Å². The van der Waals surface area contributed by atoms with Gasteiger partial charge in [0.25, 0.3) is 0 Å². The fraction of sp³-hybridized carbons (Fsp3) is 0.267. The van der Waals surface area contributed by atoms with Gasteiger partial charge in [-0.15, -0.1) is 0 Å². The lowest BCUT2D eigenvalue weighted by Crippen LogP contribution is -1.97. The largest absolute Gasteiger partial charge is 0.399 e. The van der Waals surface area contributed by atoms with E-state index in [-0.39, 0.29) is 0 Å². The Morgan fingerprint density at radius 3 is 2.00 bits per heavy atom. The third kappa shape index (κ3) is 3.45. The molecule has 0 amide bonds. The maximum absolute atomic E-state index is 5.98. The number of anilines is 1. The lowest BCUT2D eigenvalue weighted by atomic mass is 10.1. The minimum absolute atomic E-state index is 0.877. The number of thioether (sulfide) groups is 2. The van der Waals surface area contributed by atoms with E-state index in [1.807, 2.05) is 23.5 Å². The molecular formula is C15H16N2S2. The number of nitrogen functional groups attached to an aromatic ring is 1. The van der Waals surface area contributed by atoms with Gasteiger partial charge in [0, 0.05) is 28.7 Å². The summed E-state index contributed by atoms with van der Waals surface area (Å²) in [6.45, 7) is 0. The van der Waals surface area contributed by atoms with Crippen LogP contribution < -0.4 is 5.73 Å². The summed E-state index contributed by atoms with van der Waals surface area (Å²) in [6, 6.07) is 12.8. The van der Waals surface area contributed by atoms with Crippen LogP contribution in [0.4, 0.5) is 5.69 Å². The van der Waals surface area contributed by atoms with Crippen molar-refractivity contribution in [3.05, 3.63) is 58.9 Å². The van der Waals surface area contributed by atoms with Gasteiger partial charge in [0.15, 0.2) is 0 Å². The van der Waals surface area contributed by atoms with Crippen LogP contribution >= 0.6 is 23.5 Å². The van der Waals surface area contributed by atoms with E-state index < -0.39 is 0 Å². The highest BCUT2D eigenvalue weighted by Gasteiger charge is 2.05. The van der Waals surface area contributed by atoms with Crippen molar-refractivity contribution < 1.29 is 0 Å². The maximum atomic E-state index is 5.98. The topological polar surface area (TPSA) is 38.9 Å². The van der Waals surface area contributed by atoms with Crippen LogP contribution in [0, 0.1) is 0 Å². The van der Waals surface area contributed by atoms with E-state index in [1.165, 1.54) is 22.5 Å². The molecule has 98 valence electrons. The first-order chi connectivity index (χ1) is 9.29. The van der Waals surface area contributed by atoms with Crippen LogP contribution in [0.1, 0.15) is 22.5 Å². The van der Waals surface area contributed by atoms with E-state index >= 15 is 0 Å². The summed E-state index contributed by atoms with van der Waals surface area (Å²) in [4.78, 5) is 4.69. The van der Waals surface area contributed by atoms with Gasteiger partial charge in [-0.1, -0.05) is 12.1 Å². The molecule has 0 unspecified atom stereocenters. The first-order valence-electron chi connectivity index (χ1n) is 6.28. The molecule has 0 aliphatic carbocycles. The van der Waals surface area contributed by atoms with Crippen molar-refractivity contribution in [3.63, 3.8) is 0 Å². The zero-order chi connectivity index (χ0) is 13.1. The van der Waals surface area contributed by atoms with Crippen LogP contribution in [0.3, 0.4) is 0 Å². The predicted molar refractivity (Wildman–Crippen MR) is 85.1 cm³/mol. The van der Waals surface area contributed by atoms with E-state index in [2.05, 4.69) is 36.4 Å². The molecule has 4 heteroatoms. The summed E-state index contributed by atoms with van der Waals surface area (Å²) in [5.41, 5.74) is 11.8. The molecule has 1 aromatic carbocycles. The lowest BCUT2D eigenvalue weighted by Gasteiger charge is -2.10. The molecule has 0 spiro atoms. The predicted octanol–water partition coefficient (Wildman–Crippen LogP) is 3.84. The van der Waals surface area contributed by atoms with Gasteiger partial charge in [-0.3, -0.25) is 4.98 Å². The number of fused-ring (bicyclic) bond motifs is 4. The summed E-state index contributed by atoms with van der Waals surface area (Å²) >= 11 is 3.79. The van der Waals surface area contributed by atoms with Crippen molar-refractivity contribution in [2.75, 3.05) is 5.73 Å². The van der Waals surface area contributed by atoms with Crippen molar-refractivity contribution >= 4 is 29.2 Å². The maximum Gasteiger partial charge on any atom is 0.0506 e. The zero-order valence-corrected chi connectivity index (χ0v) is 12.3. The number of aromatic nitrogens is 1. The molecule has 1 aliphatic heterocycles. The van der Waals surface area contributed by atoms with Crippen molar-refractivity contribution in [2.24, 2.45) is 0 Å². The van der Waals surface area contributed by atoms with Gasteiger partial charge in [-0.05, 0) is 35.4 Å². The lowest BCUT2D eigenvalue weighted by molar-refractivity contribution is 1.09. The Morgan fingerprint density at radius 2 is 1.42 bits per heavy atom. The van der Waals surface area contributed by atoms with E-state index in [0.717, 1.165) is 28.7 Å². The minimum atomic E-state index is 0.877. The van der Waals surface area contributed by atoms with Gasteiger partial charge in [0.1, 0.15) is 0 Å². The Kier molecular flexibility index (Phi) is 3.99. The minimum Gasteiger partial charge on any atom is -0.399 e. The highest BCUT2D eigenvalue weighted by atomic mass is 32.2. The molecule has 0 radical (unpaired) electrons. The Balaban J connectivity index is 1.86. The van der Waals surface area contributed by atoms with E-state index in [0.29, 0.717) is 0 Å². The van der Waals surface area contributed by atoms with Gasteiger partial charge in [-0.25, -0.2) is 0 Å². The average Bonchev–Trinajstić information content (AvgIpc) is 2.38. The van der Waals surface area contributed by atoms with Crippen LogP contribution in [0.15, 0.2) is 36.4 Å². The van der Waals surface area contributed by atoms with E-state index in [1.54, 1.807) is 0 Å². The smallest absolute Gasteiger partial charge is 0.0506 e. The molecule has 1 aromatic heterocycles. The molecule has 2 N–H and O–H groups in total. The number of benzene rings is 1.